The zero-order chi connectivity index (χ0) is 16.4. The number of nitrogens with one attached hydrogen (secondary N) is 1. The molecule has 0 aliphatic heterocycles. The molecule has 3 rings (SSSR count). The summed E-state index contributed by atoms with van der Waals surface area (Å²) < 4.78 is 33.0. The highest BCUT2D eigenvalue weighted by molar-refractivity contribution is 7.92. The van der Waals surface area contributed by atoms with Crippen molar-refractivity contribution in [3.05, 3.63) is 66.2 Å². The minimum Gasteiger partial charge on any atom is -0.497 e. The number of rotatable bonds is 4. The van der Waals surface area contributed by atoms with Crippen molar-refractivity contribution >= 4 is 26.5 Å². The summed E-state index contributed by atoms with van der Waals surface area (Å²) in [6.45, 7) is 1.83. The quantitative estimate of drug-likeness (QED) is 0.789. The van der Waals surface area contributed by atoms with E-state index in [1.54, 1.807) is 37.4 Å². The van der Waals surface area contributed by atoms with Crippen molar-refractivity contribution in [2.75, 3.05) is 11.8 Å². The lowest BCUT2D eigenvalue weighted by Crippen LogP contribution is -2.13. The van der Waals surface area contributed by atoms with Crippen molar-refractivity contribution in [1.29, 1.82) is 0 Å². The lowest BCUT2D eigenvalue weighted by Gasteiger charge is -2.12. The van der Waals surface area contributed by atoms with Crippen LogP contribution in [0.1, 0.15) is 5.56 Å². The van der Waals surface area contributed by atoms with E-state index in [-0.39, 0.29) is 4.90 Å². The van der Waals surface area contributed by atoms with E-state index in [4.69, 9.17) is 4.74 Å². The number of sulfonamides is 1. The maximum absolute atomic E-state index is 12.6. The zero-order valence-electron chi connectivity index (χ0n) is 12.9. The Labute approximate surface area is 135 Å². The second kappa shape index (κ2) is 5.93. The van der Waals surface area contributed by atoms with Gasteiger partial charge in [0.05, 0.1) is 17.7 Å². The van der Waals surface area contributed by atoms with Crippen LogP contribution in [0.4, 0.5) is 5.69 Å². The number of methoxy groups -OCH3 is 1. The van der Waals surface area contributed by atoms with Gasteiger partial charge in [-0.15, -0.1) is 0 Å². The van der Waals surface area contributed by atoms with E-state index in [0.717, 1.165) is 16.3 Å². The minimum atomic E-state index is -3.64. The van der Waals surface area contributed by atoms with Crippen molar-refractivity contribution in [3.63, 3.8) is 0 Å². The van der Waals surface area contributed by atoms with Crippen LogP contribution in [-0.4, -0.2) is 15.5 Å². The Hall–Kier alpha value is -2.53. The van der Waals surface area contributed by atoms with Crippen LogP contribution in [0.15, 0.2) is 65.6 Å². The van der Waals surface area contributed by atoms with Crippen molar-refractivity contribution in [2.45, 2.75) is 11.8 Å². The standard InChI is InChI=1S/C18H17NO3S/c1-13-11-16(22-2)8-10-18(13)19-23(20,21)17-9-7-14-5-3-4-6-15(14)12-17/h3-12,19H,1-2H3. The van der Waals surface area contributed by atoms with E-state index in [0.29, 0.717) is 11.4 Å². The molecule has 3 aromatic rings. The monoisotopic (exact) mass is 327 g/mol. The number of hydrogen-bond donors (Lipinski definition) is 1. The van der Waals surface area contributed by atoms with Crippen molar-refractivity contribution in [3.8, 4) is 5.75 Å². The summed E-state index contributed by atoms with van der Waals surface area (Å²) in [5.41, 5.74) is 1.34. The molecule has 0 aliphatic rings. The van der Waals surface area contributed by atoms with Crippen LogP contribution >= 0.6 is 0 Å². The van der Waals surface area contributed by atoms with Gasteiger partial charge in [-0.2, -0.15) is 0 Å². The summed E-state index contributed by atoms with van der Waals surface area (Å²) in [5, 5.41) is 1.90. The SMILES string of the molecule is COc1ccc(NS(=O)(=O)c2ccc3ccccc3c2)c(C)c1. The molecule has 118 valence electrons. The van der Waals surface area contributed by atoms with Crippen LogP contribution in [0.25, 0.3) is 10.8 Å². The van der Waals surface area contributed by atoms with Crippen LogP contribution in [0.3, 0.4) is 0 Å². The number of anilines is 1. The summed E-state index contributed by atoms with van der Waals surface area (Å²) in [6, 6.07) is 18.0. The van der Waals surface area contributed by atoms with Gasteiger partial charge in [-0.25, -0.2) is 8.42 Å². The molecule has 0 amide bonds. The first-order chi connectivity index (χ1) is 11.0. The summed E-state index contributed by atoms with van der Waals surface area (Å²) >= 11 is 0. The predicted octanol–water partition coefficient (Wildman–Crippen LogP) is 3.96. The first-order valence-corrected chi connectivity index (χ1v) is 8.64. The minimum absolute atomic E-state index is 0.242. The Bertz CT molecular complexity index is 965. The van der Waals surface area contributed by atoms with Gasteiger partial charge < -0.3 is 4.74 Å². The van der Waals surface area contributed by atoms with E-state index in [2.05, 4.69) is 4.72 Å². The van der Waals surface area contributed by atoms with Gasteiger partial charge in [0, 0.05) is 0 Å². The smallest absolute Gasteiger partial charge is 0.261 e. The normalized spacial score (nSPS) is 11.4. The van der Waals surface area contributed by atoms with Gasteiger partial charge in [-0.05, 0) is 53.6 Å². The number of fused-ring (bicyclic) bond motifs is 1. The average molecular weight is 327 g/mol. The Morgan fingerprint density at radius 3 is 2.35 bits per heavy atom. The summed E-state index contributed by atoms with van der Waals surface area (Å²) in [6.07, 6.45) is 0. The lowest BCUT2D eigenvalue weighted by molar-refractivity contribution is 0.414. The Morgan fingerprint density at radius 1 is 0.913 bits per heavy atom. The summed E-state index contributed by atoms with van der Waals surface area (Å²) in [7, 11) is -2.06. The van der Waals surface area contributed by atoms with Crippen LogP contribution in [0.5, 0.6) is 5.75 Å². The second-order valence-electron chi connectivity index (χ2n) is 5.30. The molecule has 23 heavy (non-hydrogen) atoms. The van der Waals surface area contributed by atoms with Gasteiger partial charge in [0.2, 0.25) is 0 Å². The summed E-state index contributed by atoms with van der Waals surface area (Å²) in [4.78, 5) is 0.242. The van der Waals surface area contributed by atoms with Gasteiger partial charge in [-0.3, -0.25) is 4.72 Å². The fraction of sp³-hybridized carbons (Fsp3) is 0.111. The van der Waals surface area contributed by atoms with Gasteiger partial charge in [-0.1, -0.05) is 30.3 Å². The molecule has 0 aliphatic carbocycles. The van der Waals surface area contributed by atoms with E-state index in [9.17, 15) is 8.42 Å². The Kier molecular flexibility index (Phi) is 3.96. The molecular formula is C18H17NO3S. The third kappa shape index (κ3) is 3.14. The van der Waals surface area contributed by atoms with E-state index < -0.39 is 10.0 Å². The molecule has 0 radical (unpaired) electrons. The van der Waals surface area contributed by atoms with Crippen molar-refractivity contribution in [2.24, 2.45) is 0 Å². The van der Waals surface area contributed by atoms with Gasteiger partial charge >= 0.3 is 0 Å². The maximum Gasteiger partial charge on any atom is 0.261 e. The fourth-order valence-electron chi connectivity index (χ4n) is 2.42. The average Bonchev–Trinajstić information content (AvgIpc) is 2.56. The Morgan fingerprint density at radius 2 is 1.65 bits per heavy atom. The Balaban J connectivity index is 1.97. The number of benzene rings is 3. The molecule has 0 aromatic heterocycles. The molecule has 0 fully saturated rings. The molecule has 1 N–H and O–H groups in total. The topological polar surface area (TPSA) is 55.4 Å². The summed E-state index contributed by atoms with van der Waals surface area (Å²) in [5.74, 6) is 0.691. The fourth-order valence-corrected chi connectivity index (χ4v) is 3.58. The molecule has 0 saturated heterocycles. The third-order valence-electron chi connectivity index (χ3n) is 3.71. The molecule has 0 atom stereocenters. The molecule has 5 heteroatoms. The molecule has 0 spiro atoms. The largest absolute Gasteiger partial charge is 0.497 e. The highest BCUT2D eigenvalue weighted by Gasteiger charge is 2.16. The van der Waals surface area contributed by atoms with Crippen LogP contribution in [-0.2, 0) is 10.0 Å². The molecule has 0 saturated carbocycles. The van der Waals surface area contributed by atoms with Crippen molar-refractivity contribution < 1.29 is 13.2 Å². The van der Waals surface area contributed by atoms with E-state index in [1.807, 2.05) is 37.3 Å². The molecule has 0 heterocycles. The van der Waals surface area contributed by atoms with Crippen LogP contribution in [0, 0.1) is 6.92 Å². The number of aryl methyl sites for hydroxylation is 1. The number of ether oxygens (including phenoxy) is 1. The predicted molar refractivity (Wildman–Crippen MR) is 92.5 cm³/mol. The second-order valence-corrected chi connectivity index (χ2v) is 6.98. The lowest BCUT2D eigenvalue weighted by atomic mass is 10.1. The number of hydrogen-bond acceptors (Lipinski definition) is 3. The van der Waals surface area contributed by atoms with Gasteiger partial charge in [0.15, 0.2) is 0 Å². The highest BCUT2D eigenvalue weighted by atomic mass is 32.2. The maximum atomic E-state index is 12.6. The van der Waals surface area contributed by atoms with Crippen LogP contribution in [0.2, 0.25) is 0 Å². The molecule has 0 unspecified atom stereocenters. The highest BCUT2D eigenvalue weighted by Crippen LogP contribution is 2.25. The van der Waals surface area contributed by atoms with Gasteiger partial charge in [0.1, 0.15) is 5.75 Å². The van der Waals surface area contributed by atoms with Crippen molar-refractivity contribution in [1.82, 2.24) is 0 Å². The molecule has 3 aromatic carbocycles. The molecule has 4 nitrogen and oxygen atoms in total. The molecule has 0 bridgehead atoms. The third-order valence-corrected chi connectivity index (χ3v) is 5.07. The van der Waals surface area contributed by atoms with E-state index in [1.165, 1.54) is 0 Å². The zero-order valence-corrected chi connectivity index (χ0v) is 13.7. The molecular weight excluding hydrogens is 310 g/mol. The van der Waals surface area contributed by atoms with Crippen LogP contribution < -0.4 is 9.46 Å². The van der Waals surface area contributed by atoms with Gasteiger partial charge in [0.25, 0.3) is 10.0 Å². The van der Waals surface area contributed by atoms with E-state index >= 15 is 0 Å². The first-order valence-electron chi connectivity index (χ1n) is 7.16. The first kappa shape index (κ1) is 15.4.